The summed E-state index contributed by atoms with van der Waals surface area (Å²) in [5, 5.41) is 8.62. The molecule has 0 aromatic heterocycles. The Morgan fingerprint density at radius 2 is 1.93 bits per heavy atom. The Bertz CT molecular complexity index is 915. The quantitative estimate of drug-likeness (QED) is 0.547. The van der Waals surface area contributed by atoms with Crippen molar-refractivity contribution in [3.8, 4) is 11.5 Å². The number of ether oxygens (including phenoxy) is 2. The van der Waals surface area contributed by atoms with Gasteiger partial charge in [0, 0.05) is 11.6 Å². The van der Waals surface area contributed by atoms with Gasteiger partial charge in [-0.1, -0.05) is 23.9 Å². The number of halogens is 1. The molecule has 1 heterocycles. The van der Waals surface area contributed by atoms with Gasteiger partial charge in [0.25, 0.3) is 0 Å². The van der Waals surface area contributed by atoms with Crippen molar-refractivity contribution in [2.24, 2.45) is 10.2 Å². The lowest BCUT2D eigenvalue weighted by Crippen LogP contribution is -2.30. The highest BCUT2D eigenvalue weighted by molar-refractivity contribution is 8.15. The van der Waals surface area contributed by atoms with Gasteiger partial charge in [0.1, 0.15) is 17.3 Å². The second-order valence-corrected chi connectivity index (χ2v) is 7.35. The summed E-state index contributed by atoms with van der Waals surface area (Å²) in [5.41, 5.74) is 1.55. The zero-order chi connectivity index (χ0) is 20.1. The van der Waals surface area contributed by atoms with Gasteiger partial charge in [0.15, 0.2) is 5.17 Å². The number of benzene rings is 2. The molecule has 1 aliphatic rings. The summed E-state index contributed by atoms with van der Waals surface area (Å²) in [6.07, 6.45) is 1.56. The van der Waals surface area contributed by atoms with Crippen LogP contribution in [0.1, 0.15) is 18.1 Å². The summed E-state index contributed by atoms with van der Waals surface area (Å²) in [6, 6.07) is 11.4. The number of thioether (sulfide) groups is 1. The maximum atomic E-state index is 13.1. The number of rotatable bonds is 6. The maximum Gasteiger partial charge on any atom is 0.242 e. The highest BCUT2D eigenvalue weighted by Crippen LogP contribution is 2.29. The van der Waals surface area contributed by atoms with Gasteiger partial charge in [-0.05, 0) is 36.8 Å². The van der Waals surface area contributed by atoms with Crippen LogP contribution in [0.2, 0.25) is 0 Å². The summed E-state index contributed by atoms with van der Waals surface area (Å²) in [7, 11) is 3.15. The third-order valence-corrected chi connectivity index (χ3v) is 5.23. The molecule has 8 heteroatoms. The lowest BCUT2D eigenvalue weighted by molar-refractivity contribution is -0.126. The average Bonchev–Trinajstić information content (AvgIpc) is 2.97. The van der Waals surface area contributed by atoms with Crippen molar-refractivity contribution in [3.05, 3.63) is 59.4 Å². The number of carbonyl (C=O) groups excluding carboxylic acids is 1. The number of hydrogen-bond donors (Lipinski definition) is 0. The largest absolute Gasteiger partial charge is 0.497 e. The van der Waals surface area contributed by atoms with Gasteiger partial charge < -0.3 is 9.47 Å². The van der Waals surface area contributed by atoms with Crippen LogP contribution in [-0.2, 0) is 11.3 Å². The summed E-state index contributed by atoms with van der Waals surface area (Å²) in [5.74, 6) is 0.919. The molecule has 0 radical (unpaired) electrons. The van der Waals surface area contributed by atoms with Crippen LogP contribution in [0.3, 0.4) is 0 Å². The van der Waals surface area contributed by atoms with Crippen LogP contribution in [0.15, 0.2) is 52.7 Å². The van der Waals surface area contributed by atoms with E-state index < -0.39 is 0 Å². The molecule has 0 N–H and O–H groups in total. The van der Waals surface area contributed by atoms with Crippen molar-refractivity contribution >= 4 is 29.1 Å². The normalized spacial score (nSPS) is 18.3. The van der Waals surface area contributed by atoms with Crippen molar-refractivity contribution in [2.75, 3.05) is 14.2 Å². The molecule has 0 bridgehead atoms. The Balaban J connectivity index is 1.80. The highest BCUT2D eigenvalue weighted by atomic mass is 32.2. The van der Waals surface area contributed by atoms with E-state index in [1.165, 1.54) is 23.9 Å². The van der Waals surface area contributed by atoms with Crippen LogP contribution in [-0.4, -0.2) is 41.7 Å². The zero-order valence-electron chi connectivity index (χ0n) is 15.8. The standard InChI is InChI=1S/C20H20FN3O3S/c1-13-19(25)24(12-14-4-7-16(21)8-5-14)20(28-13)23-22-11-15-6-9-17(26-2)10-18(15)27-3/h4-11,13H,12H2,1-3H3/b22-11+,23-20+. The Morgan fingerprint density at radius 3 is 2.61 bits per heavy atom. The van der Waals surface area contributed by atoms with Gasteiger partial charge in [-0.2, -0.15) is 5.10 Å². The minimum atomic E-state index is -0.314. The predicted molar refractivity (Wildman–Crippen MR) is 109 cm³/mol. The molecule has 0 aliphatic carbocycles. The fourth-order valence-electron chi connectivity index (χ4n) is 2.65. The third kappa shape index (κ3) is 4.51. The molecular weight excluding hydrogens is 381 g/mol. The van der Waals surface area contributed by atoms with Crippen molar-refractivity contribution in [1.82, 2.24) is 4.90 Å². The van der Waals surface area contributed by atoms with Gasteiger partial charge in [0.05, 0.1) is 32.2 Å². The van der Waals surface area contributed by atoms with Gasteiger partial charge in [-0.25, -0.2) is 4.39 Å². The van der Waals surface area contributed by atoms with E-state index in [0.29, 0.717) is 23.2 Å². The molecular formula is C20H20FN3O3S. The van der Waals surface area contributed by atoms with E-state index in [-0.39, 0.29) is 17.0 Å². The SMILES string of the molecule is COc1ccc(/C=N/N=C2/SC(C)C(=O)N2Cc2ccc(F)cc2)c(OC)c1. The molecule has 2 aromatic carbocycles. The van der Waals surface area contributed by atoms with Crippen LogP contribution in [0.4, 0.5) is 4.39 Å². The van der Waals surface area contributed by atoms with Crippen LogP contribution >= 0.6 is 11.8 Å². The Kier molecular flexibility index (Phi) is 6.30. The van der Waals surface area contributed by atoms with Gasteiger partial charge in [0.2, 0.25) is 5.91 Å². The minimum Gasteiger partial charge on any atom is -0.497 e. The van der Waals surface area contributed by atoms with Gasteiger partial charge >= 0.3 is 0 Å². The van der Waals surface area contributed by atoms with E-state index in [1.54, 1.807) is 49.6 Å². The first-order chi connectivity index (χ1) is 13.5. The predicted octanol–water partition coefficient (Wildman–Crippen LogP) is 3.70. The topological polar surface area (TPSA) is 63.5 Å². The summed E-state index contributed by atoms with van der Waals surface area (Å²) < 4.78 is 23.6. The molecule has 28 heavy (non-hydrogen) atoms. The number of amidine groups is 1. The molecule has 1 saturated heterocycles. The van der Waals surface area contributed by atoms with Crippen LogP contribution in [0.25, 0.3) is 0 Å². The molecule has 146 valence electrons. The molecule has 0 spiro atoms. The van der Waals surface area contributed by atoms with Crippen molar-refractivity contribution in [2.45, 2.75) is 18.7 Å². The lowest BCUT2D eigenvalue weighted by Gasteiger charge is -2.15. The van der Waals surface area contributed by atoms with E-state index >= 15 is 0 Å². The molecule has 1 aliphatic heterocycles. The lowest BCUT2D eigenvalue weighted by atomic mass is 10.2. The van der Waals surface area contributed by atoms with E-state index in [2.05, 4.69) is 10.2 Å². The second-order valence-electron chi connectivity index (χ2n) is 6.05. The molecule has 0 saturated carbocycles. The van der Waals surface area contributed by atoms with Crippen LogP contribution in [0, 0.1) is 5.82 Å². The smallest absolute Gasteiger partial charge is 0.242 e. The van der Waals surface area contributed by atoms with Crippen LogP contribution in [0.5, 0.6) is 11.5 Å². The van der Waals surface area contributed by atoms with E-state index in [4.69, 9.17) is 9.47 Å². The number of nitrogens with zero attached hydrogens (tertiary/aromatic N) is 3. The molecule has 2 aromatic rings. The third-order valence-electron chi connectivity index (χ3n) is 4.16. The van der Waals surface area contributed by atoms with E-state index in [1.807, 2.05) is 13.0 Å². The fraction of sp³-hybridized carbons (Fsp3) is 0.250. The second kappa shape index (κ2) is 8.88. The average molecular weight is 401 g/mol. The molecule has 6 nitrogen and oxygen atoms in total. The monoisotopic (exact) mass is 401 g/mol. The van der Waals surface area contributed by atoms with Crippen LogP contribution < -0.4 is 9.47 Å². The highest BCUT2D eigenvalue weighted by Gasteiger charge is 2.35. The van der Waals surface area contributed by atoms with Gasteiger partial charge in [-0.3, -0.25) is 9.69 Å². The molecule has 3 rings (SSSR count). The molecule has 1 unspecified atom stereocenters. The summed E-state index contributed by atoms with van der Waals surface area (Å²) in [6.45, 7) is 2.14. The first kappa shape index (κ1) is 19.9. The van der Waals surface area contributed by atoms with Crippen molar-refractivity contribution in [3.63, 3.8) is 0 Å². The first-order valence-corrected chi connectivity index (χ1v) is 9.45. The number of hydrogen-bond acceptors (Lipinski definition) is 6. The van der Waals surface area contributed by atoms with E-state index in [9.17, 15) is 9.18 Å². The molecule has 1 fully saturated rings. The van der Waals surface area contributed by atoms with Crippen molar-refractivity contribution in [1.29, 1.82) is 0 Å². The number of amides is 1. The Morgan fingerprint density at radius 1 is 1.18 bits per heavy atom. The van der Waals surface area contributed by atoms with Gasteiger partial charge in [-0.15, -0.1) is 5.10 Å². The number of methoxy groups -OCH3 is 2. The minimum absolute atomic E-state index is 0.0506. The first-order valence-electron chi connectivity index (χ1n) is 8.57. The van der Waals surface area contributed by atoms with E-state index in [0.717, 1.165) is 11.1 Å². The summed E-state index contributed by atoms with van der Waals surface area (Å²) in [4.78, 5) is 14.0. The Labute approximate surface area is 167 Å². The maximum absolute atomic E-state index is 13.1. The molecule has 1 amide bonds. The number of carbonyl (C=O) groups is 1. The summed E-state index contributed by atoms with van der Waals surface area (Å²) >= 11 is 1.34. The molecule has 1 atom stereocenters. The zero-order valence-corrected chi connectivity index (χ0v) is 16.6. The Hall–Kier alpha value is -2.87. The fourth-order valence-corrected chi connectivity index (χ4v) is 3.57. The van der Waals surface area contributed by atoms with Crippen molar-refractivity contribution < 1.29 is 18.7 Å².